The summed E-state index contributed by atoms with van der Waals surface area (Å²) in [6, 6.07) is 4.38. The van der Waals surface area contributed by atoms with Gasteiger partial charge in [-0.1, -0.05) is 31.0 Å². The lowest BCUT2D eigenvalue weighted by molar-refractivity contribution is 0.0698. The Bertz CT molecular complexity index is 519. The fraction of sp³-hybridized carbons (Fsp3) is 0.385. The molecule has 1 aliphatic carbocycles. The van der Waals surface area contributed by atoms with Crippen molar-refractivity contribution in [2.75, 3.05) is 5.32 Å². The third-order valence-corrected chi connectivity index (χ3v) is 3.55. The minimum atomic E-state index is -1.17. The molecule has 0 aliphatic heterocycles. The summed E-state index contributed by atoms with van der Waals surface area (Å²) in [7, 11) is 0. The lowest BCUT2D eigenvalue weighted by Gasteiger charge is -2.10. The SMILES string of the molecule is CCC1CC1NC(=O)Nc1cccc(Cl)c1C(=O)O. The number of rotatable bonds is 4. The van der Waals surface area contributed by atoms with Gasteiger partial charge in [-0.15, -0.1) is 0 Å². The first kappa shape index (κ1) is 13.7. The molecule has 6 heteroatoms. The van der Waals surface area contributed by atoms with Crippen molar-refractivity contribution in [3.05, 3.63) is 28.8 Å². The number of halogens is 1. The van der Waals surface area contributed by atoms with Crippen LogP contribution in [0, 0.1) is 5.92 Å². The Labute approximate surface area is 116 Å². The van der Waals surface area contributed by atoms with Crippen molar-refractivity contribution in [2.45, 2.75) is 25.8 Å². The van der Waals surface area contributed by atoms with E-state index in [-0.39, 0.29) is 22.3 Å². The highest BCUT2D eigenvalue weighted by atomic mass is 35.5. The summed E-state index contributed by atoms with van der Waals surface area (Å²) in [5, 5.41) is 14.5. The van der Waals surface area contributed by atoms with E-state index in [9.17, 15) is 9.59 Å². The van der Waals surface area contributed by atoms with Crippen molar-refractivity contribution in [1.29, 1.82) is 0 Å². The van der Waals surface area contributed by atoms with Gasteiger partial charge in [0.15, 0.2) is 0 Å². The largest absolute Gasteiger partial charge is 0.478 e. The van der Waals surface area contributed by atoms with Crippen LogP contribution in [-0.2, 0) is 0 Å². The number of carboxylic acid groups (broad SMARTS) is 1. The molecule has 0 aromatic heterocycles. The number of urea groups is 1. The van der Waals surface area contributed by atoms with E-state index >= 15 is 0 Å². The third-order valence-electron chi connectivity index (χ3n) is 3.24. The van der Waals surface area contributed by atoms with Gasteiger partial charge in [0.25, 0.3) is 0 Å². The van der Waals surface area contributed by atoms with Crippen LogP contribution in [0.2, 0.25) is 5.02 Å². The molecule has 19 heavy (non-hydrogen) atoms. The molecule has 1 aliphatic rings. The molecular formula is C13H15ClN2O3. The monoisotopic (exact) mass is 282 g/mol. The molecule has 1 saturated carbocycles. The summed E-state index contributed by atoms with van der Waals surface area (Å²) in [5.41, 5.74) is 0.105. The van der Waals surface area contributed by atoms with E-state index in [0.717, 1.165) is 12.8 Å². The number of carbonyl (C=O) groups is 2. The van der Waals surface area contributed by atoms with Crippen LogP contribution in [0.15, 0.2) is 18.2 Å². The second kappa shape index (κ2) is 5.48. The molecule has 0 heterocycles. The summed E-state index contributed by atoms with van der Waals surface area (Å²) < 4.78 is 0. The van der Waals surface area contributed by atoms with Crippen LogP contribution in [0.25, 0.3) is 0 Å². The molecule has 0 bridgehead atoms. The van der Waals surface area contributed by atoms with Crippen LogP contribution >= 0.6 is 11.6 Å². The Morgan fingerprint density at radius 2 is 2.21 bits per heavy atom. The zero-order chi connectivity index (χ0) is 14.0. The number of hydrogen-bond acceptors (Lipinski definition) is 2. The zero-order valence-corrected chi connectivity index (χ0v) is 11.2. The smallest absolute Gasteiger partial charge is 0.339 e. The molecule has 5 nitrogen and oxygen atoms in total. The highest BCUT2D eigenvalue weighted by molar-refractivity contribution is 6.34. The van der Waals surface area contributed by atoms with E-state index in [4.69, 9.17) is 16.7 Å². The highest BCUT2D eigenvalue weighted by Crippen LogP contribution is 2.33. The van der Waals surface area contributed by atoms with Crippen LogP contribution in [0.1, 0.15) is 30.1 Å². The lowest BCUT2D eigenvalue weighted by atomic mass is 10.2. The van der Waals surface area contributed by atoms with E-state index in [1.807, 2.05) is 0 Å². The Hall–Kier alpha value is -1.75. The topological polar surface area (TPSA) is 78.4 Å². The Morgan fingerprint density at radius 1 is 1.47 bits per heavy atom. The number of nitrogens with one attached hydrogen (secondary N) is 2. The fourth-order valence-corrected chi connectivity index (χ4v) is 2.30. The summed E-state index contributed by atoms with van der Waals surface area (Å²) in [6.45, 7) is 2.07. The van der Waals surface area contributed by atoms with Crippen LogP contribution in [-0.4, -0.2) is 23.1 Å². The molecule has 102 valence electrons. The van der Waals surface area contributed by atoms with Crippen LogP contribution in [0.5, 0.6) is 0 Å². The van der Waals surface area contributed by atoms with Gasteiger partial charge in [0, 0.05) is 6.04 Å². The zero-order valence-electron chi connectivity index (χ0n) is 10.4. The molecule has 0 spiro atoms. The van der Waals surface area contributed by atoms with Crippen LogP contribution in [0.4, 0.5) is 10.5 Å². The van der Waals surface area contributed by atoms with Gasteiger partial charge in [0.05, 0.1) is 10.7 Å². The first-order valence-electron chi connectivity index (χ1n) is 6.12. The van der Waals surface area contributed by atoms with E-state index < -0.39 is 12.0 Å². The van der Waals surface area contributed by atoms with Gasteiger partial charge < -0.3 is 15.7 Å². The fourth-order valence-electron chi connectivity index (χ4n) is 2.05. The number of anilines is 1. The predicted octanol–water partition coefficient (Wildman–Crippen LogP) is 2.96. The van der Waals surface area contributed by atoms with Gasteiger partial charge in [-0.05, 0) is 24.5 Å². The van der Waals surface area contributed by atoms with Crippen molar-refractivity contribution in [2.24, 2.45) is 5.92 Å². The van der Waals surface area contributed by atoms with E-state index in [0.29, 0.717) is 5.92 Å². The summed E-state index contributed by atoms with van der Waals surface area (Å²) in [6.07, 6.45) is 2.01. The van der Waals surface area contributed by atoms with Crippen molar-refractivity contribution in [1.82, 2.24) is 5.32 Å². The molecule has 3 N–H and O–H groups in total. The van der Waals surface area contributed by atoms with Gasteiger partial charge in [-0.3, -0.25) is 0 Å². The second-order valence-corrected chi connectivity index (χ2v) is 4.98. The molecule has 2 atom stereocenters. The maximum absolute atomic E-state index is 11.8. The van der Waals surface area contributed by atoms with Crippen LogP contribution < -0.4 is 10.6 Å². The average molecular weight is 283 g/mol. The molecule has 1 aromatic rings. The third kappa shape index (κ3) is 3.17. The summed E-state index contributed by atoms with van der Waals surface area (Å²) in [4.78, 5) is 22.9. The van der Waals surface area contributed by atoms with Crippen molar-refractivity contribution in [3.63, 3.8) is 0 Å². The number of aromatic carboxylic acids is 1. The molecule has 0 saturated heterocycles. The quantitative estimate of drug-likeness (QED) is 0.794. The van der Waals surface area contributed by atoms with Crippen molar-refractivity contribution >= 4 is 29.3 Å². The van der Waals surface area contributed by atoms with Crippen LogP contribution in [0.3, 0.4) is 0 Å². The molecule has 2 rings (SSSR count). The standard InChI is InChI=1S/C13H15ClN2O3/c1-2-7-6-10(7)16-13(19)15-9-5-3-4-8(14)11(9)12(17)18/h3-5,7,10H,2,6H2,1H3,(H,17,18)(H2,15,16,19). The number of amides is 2. The average Bonchev–Trinajstić information content (AvgIpc) is 3.06. The highest BCUT2D eigenvalue weighted by Gasteiger charge is 2.36. The minimum absolute atomic E-state index is 0.0952. The van der Waals surface area contributed by atoms with Crippen molar-refractivity contribution < 1.29 is 14.7 Å². The van der Waals surface area contributed by atoms with Crippen molar-refractivity contribution in [3.8, 4) is 0 Å². The summed E-state index contributed by atoms with van der Waals surface area (Å²) >= 11 is 5.82. The maximum atomic E-state index is 11.8. The van der Waals surface area contributed by atoms with Gasteiger partial charge in [-0.2, -0.15) is 0 Å². The van der Waals surface area contributed by atoms with E-state index in [1.165, 1.54) is 12.1 Å². The minimum Gasteiger partial charge on any atom is -0.478 e. The lowest BCUT2D eigenvalue weighted by Crippen LogP contribution is -2.32. The summed E-state index contributed by atoms with van der Waals surface area (Å²) in [5.74, 6) is -0.636. The first-order valence-corrected chi connectivity index (χ1v) is 6.50. The molecule has 1 fully saturated rings. The van der Waals surface area contributed by atoms with Gasteiger partial charge in [0.1, 0.15) is 5.56 Å². The molecule has 0 radical (unpaired) electrons. The number of hydrogen-bond donors (Lipinski definition) is 3. The predicted molar refractivity (Wildman–Crippen MR) is 72.8 cm³/mol. The Kier molecular flexibility index (Phi) is 3.95. The van der Waals surface area contributed by atoms with E-state index in [1.54, 1.807) is 6.07 Å². The first-order chi connectivity index (χ1) is 9.02. The van der Waals surface area contributed by atoms with Gasteiger partial charge in [-0.25, -0.2) is 9.59 Å². The molecule has 2 unspecified atom stereocenters. The molecular weight excluding hydrogens is 268 g/mol. The second-order valence-electron chi connectivity index (χ2n) is 4.58. The van der Waals surface area contributed by atoms with Gasteiger partial charge in [0.2, 0.25) is 0 Å². The Balaban J connectivity index is 2.05. The normalized spacial score (nSPS) is 20.7. The number of benzene rings is 1. The Morgan fingerprint density at radius 3 is 2.79 bits per heavy atom. The molecule has 1 aromatic carbocycles. The van der Waals surface area contributed by atoms with E-state index in [2.05, 4.69) is 17.6 Å². The number of carboxylic acids is 1. The van der Waals surface area contributed by atoms with Gasteiger partial charge >= 0.3 is 12.0 Å². The molecule has 2 amide bonds. The number of carbonyl (C=O) groups excluding carboxylic acids is 1. The maximum Gasteiger partial charge on any atom is 0.339 e.